The molecule has 0 aromatic carbocycles. The number of carbonyl (C=O) groups is 2. The molecule has 1 saturated heterocycles. The molecule has 394 valence electrons. The number of allylic oxidation sites excluding steroid dienone is 14. The molecule has 0 spiro atoms. The van der Waals surface area contributed by atoms with Gasteiger partial charge in [-0.1, -0.05) is 201 Å². The molecule has 1 fully saturated rings. The van der Waals surface area contributed by atoms with Crippen LogP contribution in [-0.4, -0.2) is 99.6 Å². The van der Waals surface area contributed by atoms with E-state index in [4.69, 9.17) is 14.2 Å². The zero-order chi connectivity index (χ0) is 50.4. The molecule has 1 amide bonds. The van der Waals surface area contributed by atoms with Gasteiger partial charge in [0.25, 0.3) is 0 Å². The molecule has 0 bridgehead atoms. The molecule has 0 aromatic rings. The van der Waals surface area contributed by atoms with E-state index in [1.165, 1.54) is 51.4 Å². The predicted molar refractivity (Wildman–Crippen MR) is 282 cm³/mol. The lowest BCUT2D eigenvalue weighted by atomic mass is 9.99. The minimum absolute atomic E-state index is 0.0527. The maximum Gasteiger partial charge on any atom is 0.306 e. The summed E-state index contributed by atoms with van der Waals surface area (Å²) in [6.45, 7) is 5.53. The molecule has 8 atom stereocenters. The first-order valence-corrected chi connectivity index (χ1v) is 27.0. The number of aliphatic hydroxyl groups excluding tert-OH is 5. The van der Waals surface area contributed by atoms with E-state index in [1.54, 1.807) is 12.2 Å². The van der Waals surface area contributed by atoms with Crippen molar-refractivity contribution >= 4 is 11.9 Å². The Bertz CT molecular complexity index is 1480. The Labute approximate surface area is 418 Å². The molecule has 0 aliphatic carbocycles. The van der Waals surface area contributed by atoms with Crippen LogP contribution in [0, 0.1) is 0 Å². The molecule has 0 radical (unpaired) electrons. The van der Waals surface area contributed by atoms with Gasteiger partial charge in [0.05, 0.1) is 25.4 Å². The van der Waals surface area contributed by atoms with Crippen LogP contribution < -0.4 is 5.32 Å². The Morgan fingerprint density at radius 2 is 1.06 bits per heavy atom. The van der Waals surface area contributed by atoms with Gasteiger partial charge in [-0.25, -0.2) is 0 Å². The minimum Gasteiger partial charge on any atom is -0.454 e. The smallest absolute Gasteiger partial charge is 0.306 e. The predicted octanol–water partition coefficient (Wildman–Crippen LogP) is 11.6. The third kappa shape index (κ3) is 34.5. The molecule has 1 aliphatic rings. The van der Waals surface area contributed by atoms with E-state index in [-0.39, 0.29) is 19.4 Å². The van der Waals surface area contributed by atoms with Crippen molar-refractivity contribution in [1.29, 1.82) is 0 Å². The number of nitrogens with one attached hydrogen (secondary N) is 1. The second-order valence-electron chi connectivity index (χ2n) is 18.2. The third-order valence-electron chi connectivity index (χ3n) is 12.0. The summed E-state index contributed by atoms with van der Waals surface area (Å²) in [6.07, 6.45) is 49.1. The second kappa shape index (κ2) is 45.7. The average molecular weight is 968 g/mol. The van der Waals surface area contributed by atoms with Crippen LogP contribution in [0.15, 0.2) is 97.2 Å². The van der Waals surface area contributed by atoms with Gasteiger partial charge in [0, 0.05) is 12.8 Å². The van der Waals surface area contributed by atoms with Gasteiger partial charge in [-0.2, -0.15) is 0 Å². The molecule has 0 aromatic heterocycles. The number of ether oxygens (including phenoxy) is 3. The number of amides is 1. The van der Waals surface area contributed by atoms with Crippen molar-refractivity contribution < 1.29 is 49.3 Å². The highest BCUT2D eigenvalue weighted by Crippen LogP contribution is 2.26. The number of unbranched alkanes of at least 4 members (excludes halogenated alkanes) is 16. The van der Waals surface area contributed by atoms with Gasteiger partial charge in [0.15, 0.2) is 12.4 Å². The number of esters is 1. The number of rotatable bonds is 43. The molecule has 1 aliphatic heterocycles. The molecule has 1 rings (SSSR count). The monoisotopic (exact) mass is 968 g/mol. The molecule has 8 unspecified atom stereocenters. The summed E-state index contributed by atoms with van der Waals surface area (Å²) in [4.78, 5) is 26.3. The highest BCUT2D eigenvalue weighted by molar-refractivity contribution is 5.81. The molecule has 1 heterocycles. The zero-order valence-corrected chi connectivity index (χ0v) is 43.1. The van der Waals surface area contributed by atoms with Crippen LogP contribution in [-0.2, 0) is 23.8 Å². The van der Waals surface area contributed by atoms with Crippen LogP contribution in [0.1, 0.15) is 194 Å². The highest BCUT2D eigenvalue weighted by atomic mass is 16.7. The van der Waals surface area contributed by atoms with Crippen LogP contribution >= 0.6 is 0 Å². The molecule has 11 heteroatoms. The summed E-state index contributed by atoms with van der Waals surface area (Å²) in [5, 5.41) is 56.5. The largest absolute Gasteiger partial charge is 0.454 e. The molecular weight excluding hydrogens is 871 g/mol. The van der Waals surface area contributed by atoms with Crippen LogP contribution in [0.25, 0.3) is 0 Å². The number of carbonyl (C=O) groups excluding carboxylic acids is 2. The fourth-order valence-electron chi connectivity index (χ4n) is 7.65. The Hall–Kier alpha value is -3.42. The first-order valence-electron chi connectivity index (χ1n) is 27.0. The maximum absolute atomic E-state index is 13.3. The zero-order valence-electron chi connectivity index (χ0n) is 43.1. The Morgan fingerprint density at radius 1 is 0.580 bits per heavy atom. The molecule has 6 N–H and O–H groups in total. The summed E-state index contributed by atoms with van der Waals surface area (Å²) < 4.78 is 17.5. The lowest BCUT2D eigenvalue weighted by molar-refractivity contribution is -0.305. The van der Waals surface area contributed by atoms with E-state index < -0.39 is 67.4 Å². The second-order valence-corrected chi connectivity index (χ2v) is 18.2. The average Bonchev–Trinajstić information content (AvgIpc) is 3.34. The van der Waals surface area contributed by atoms with Crippen molar-refractivity contribution in [2.24, 2.45) is 0 Å². The SMILES string of the molecule is CC/C=C\C/C=C\C/C=C\C/C=C\C/C=C\C/C=C\CC(O)C(=O)NC(COC1OC(CO)C(O)C(O)C1OC(=O)CCCCCCC/C=C\CCCC)C(O)/C=C/CCCCCCCCCCC. The summed E-state index contributed by atoms with van der Waals surface area (Å²) in [5.74, 6) is -1.30. The number of hydrogen-bond donors (Lipinski definition) is 6. The summed E-state index contributed by atoms with van der Waals surface area (Å²) >= 11 is 0. The van der Waals surface area contributed by atoms with Crippen molar-refractivity contribution in [1.82, 2.24) is 5.32 Å². The number of hydrogen-bond acceptors (Lipinski definition) is 10. The lowest BCUT2D eigenvalue weighted by Gasteiger charge is -2.41. The number of aliphatic hydroxyl groups is 5. The Morgan fingerprint density at radius 3 is 1.59 bits per heavy atom. The summed E-state index contributed by atoms with van der Waals surface area (Å²) in [7, 11) is 0. The van der Waals surface area contributed by atoms with E-state index in [9.17, 15) is 35.1 Å². The first kappa shape index (κ1) is 63.6. The minimum atomic E-state index is -1.63. The third-order valence-corrected chi connectivity index (χ3v) is 12.0. The standard InChI is InChI=1S/C58H97NO10/c1-4-7-10-13-16-19-22-23-24-25-26-27-28-31-33-36-39-42-45-51(62)57(66)59-49(50(61)44-41-38-35-32-29-20-17-14-11-8-5-2)48-67-58-56(55(65)54(64)52(47-60)68-58)69-53(63)46-43-40-37-34-30-21-18-15-12-9-6-3/h7,10,15-16,18-19,23-24,26-27,31,33,39,41-42,44,49-52,54-56,58,60-62,64-65H,4-6,8-9,11-14,17,20-22,25,28-30,32,34-38,40,43,45-48H2,1-3H3,(H,59,66)/b10-7-,18-15-,19-16-,24-23-,27-26-,33-31-,42-39-,44-41+. The van der Waals surface area contributed by atoms with Gasteiger partial charge in [-0.05, 0) is 77.0 Å². The lowest BCUT2D eigenvalue weighted by Crippen LogP contribution is -2.61. The van der Waals surface area contributed by atoms with Gasteiger partial charge < -0.3 is 45.1 Å². The van der Waals surface area contributed by atoms with Crippen molar-refractivity contribution in [3.8, 4) is 0 Å². The van der Waals surface area contributed by atoms with Crippen LogP contribution in [0.4, 0.5) is 0 Å². The van der Waals surface area contributed by atoms with E-state index in [0.29, 0.717) is 12.8 Å². The Balaban J connectivity index is 2.82. The topological polar surface area (TPSA) is 175 Å². The fraction of sp³-hybridized carbons (Fsp3) is 0.690. The van der Waals surface area contributed by atoms with Gasteiger partial charge in [-0.3, -0.25) is 9.59 Å². The van der Waals surface area contributed by atoms with Gasteiger partial charge in [0.1, 0.15) is 24.4 Å². The quantitative estimate of drug-likeness (QED) is 0.0196. The normalized spacial score (nSPS) is 20.6. The van der Waals surface area contributed by atoms with Gasteiger partial charge in [-0.15, -0.1) is 0 Å². The van der Waals surface area contributed by atoms with E-state index >= 15 is 0 Å². The molecule has 69 heavy (non-hydrogen) atoms. The van der Waals surface area contributed by atoms with Gasteiger partial charge in [0.2, 0.25) is 5.91 Å². The van der Waals surface area contributed by atoms with Crippen LogP contribution in [0.5, 0.6) is 0 Å². The highest BCUT2D eigenvalue weighted by Gasteiger charge is 2.47. The van der Waals surface area contributed by atoms with Crippen LogP contribution in [0.3, 0.4) is 0 Å². The summed E-state index contributed by atoms with van der Waals surface area (Å²) in [6, 6.07) is -1.07. The van der Waals surface area contributed by atoms with E-state index in [0.717, 1.165) is 96.3 Å². The van der Waals surface area contributed by atoms with Gasteiger partial charge >= 0.3 is 5.97 Å². The van der Waals surface area contributed by atoms with Crippen LogP contribution in [0.2, 0.25) is 0 Å². The van der Waals surface area contributed by atoms with Crippen molar-refractivity contribution in [3.63, 3.8) is 0 Å². The summed E-state index contributed by atoms with van der Waals surface area (Å²) in [5.41, 5.74) is 0. The Kier molecular flexibility index (Phi) is 42.1. The van der Waals surface area contributed by atoms with Crippen molar-refractivity contribution in [2.45, 2.75) is 243 Å². The molecule has 11 nitrogen and oxygen atoms in total. The maximum atomic E-state index is 13.3. The van der Waals surface area contributed by atoms with E-state index in [1.807, 2.05) is 18.2 Å². The fourth-order valence-corrected chi connectivity index (χ4v) is 7.65. The van der Waals surface area contributed by atoms with Crippen molar-refractivity contribution in [3.05, 3.63) is 97.2 Å². The molecule has 0 saturated carbocycles. The molecular formula is C58H97NO10. The van der Waals surface area contributed by atoms with E-state index in [2.05, 4.69) is 92.9 Å². The first-order chi connectivity index (χ1) is 33.7. The van der Waals surface area contributed by atoms with Crippen molar-refractivity contribution in [2.75, 3.05) is 13.2 Å².